The van der Waals surface area contributed by atoms with E-state index in [1.807, 2.05) is 31.2 Å². The predicted molar refractivity (Wildman–Crippen MR) is 81.9 cm³/mol. The van der Waals surface area contributed by atoms with Gasteiger partial charge in [0, 0.05) is 0 Å². The van der Waals surface area contributed by atoms with Crippen molar-refractivity contribution in [2.75, 3.05) is 5.73 Å². The van der Waals surface area contributed by atoms with Crippen molar-refractivity contribution in [2.24, 2.45) is 0 Å². The molecule has 0 aliphatic carbocycles. The van der Waals surface area contributed by atoms with E-state index in [2.05, 4.69) is 15.0 Å². The Morgan fingerprint density at radius 2 is 2.00 bits per heavy atom. The molecule has 0 saturated heterocycles. The first-order chi connectivity index (χ1) is 10.5. The Morgan fingerprint density at radius 3 is 2.64 bits per heavy atom. The van der Waals surface area contributed by atoms with Crippen LogP contribution in [-0.2, 0) is 17.6 Å². The highest BCUT2D eigenvalue weighted by atomic mass is 32.2. The fourth-order valence-electron chi connectivity index (χ4n) is 2.13. The van der Waals surface area contributed by atoms with Crippen LogP contribution in [0.5, 0.6) is 0 Å². The molecule has 2 heterocycles. The van der Waals surface area contributed by atoms with Crippen molar-refractivity contribution < 1.29 is 8.76 Å². The lowest BCUT2D eigenvalue weighted by Crippen LogP contribution is -2.18. The maximum atomic E-state index is 12.1. The van der Waals surface area contributed by atoms with Crippen molar-refractivity contribution in [3.05, 3.63) is 45.9 Å². The Hall–Kier alpha value is -2.52. The number of fused-ring (bicyclic) bond motifs is 1. The SMILES string of the molecule is Cc1ccc(Cn2c(=O)[nH]c3c(N)nc(S(=O)O)nc32)cc1. The number of nitrogens with one attached hydrogen (secondary N) is 1. The molecule has 1 aromatic carbocycles. The molecule has 2 aromatic heterocycles. The summed E-state index contributed by atoms with van der Waals surface area (Å²) in [5, 5.41) is -0.332. The summed E-state index contributed by atoms with van der Waals surface area (Å²) in [7, 11) is 0. The van der Waals surface area contributed by atoms with Gasteiger partial charge in [0.25, 0.3) is 5.16 Å². The Bertz CT molecular complexity index is 929. The smallest absolute Gasteiger partial charge is 0.328 e. The van der Waals surface area contributed by atoms with Gasteiger partial charge in [-0.2, -0.15) is 9.97 Å². The molecule has 3 rings (SSSR count). The average Bonchev–Trinajstić information content (AvgIpc) is 2.78. The van der Waals surface area contributed by atoms with Crippen LogP contribution >= 0.6 is 0 Å². The molecular weight excluding hydrogens is 306 g/mol. The minimum atomic E-state index is -2.38. The van der Waals surface area contributed by atoms with Crippen molar-refractivity contribution in [1.29, 1.82) is 0 Å². The van der Waals surface area contributed by atoms with Crippen molar-refractivity contribution in [3.63, 3.8) is 0 Å². The lowest BCUT2D eigenvalue weighted by atomic mass is 10.1. The van der Waals surface area contributed by atoms with Crippen LogP contribution in [0.2, 0.25) is 0 Å². The van der Waals surface area contributed by atoms with Gasteiger partial charge in [-0.15, -0.1) is 0 Å². The number of benzene rings is 1. The number of nitrogen functional groups attached to an aromatic ring is 1. The molecule has 8 nitrogen and oxygen atoms in total. The van der Waals surface area contributed by atoms with Crippen LogP contribution < -0.4 is 11.4 Å². The molecule has 22 heavy (non-hydrogen) atoms. The summed E-state index contributed by atoms with van der Waals surface area (Å²) in [4.78, 5) is 22.3. The summed E-state index contributed by atoms with van der Waals surface area (Å²) < 4.78 is 21.6. The number of rotatable bonds is 3. The Balaban J connectivity index is 2.16. The summed E-state index contributed by atoms with van der Waals surface area (Å²) in [6.45, 7) is 2.24. The molecule has 114 valence electrons. The fourth-order valence-corrected chi connectivity index (χ4v) is 2.47. The normalized spacial score (nSPS) is 12.6. The Morgan fingerprint density at radius 1 is 1.32 bits per heavy atom. The number of hydrogen-bond acceptors (Lipinski definition) is 5. The molecule has 0 aliphatic heterocycles. The standard InChI is InChI=1S/C13H13N5O3S/c1-7-2-4-8(5-3-7)6-18-11-9(15-13(18)19)10(14)16-12(17-11)22(20)21/h2-5H,6H2,1H3,(H,15,19)(H,20,21)(H2,14,16,17). The number of aromatic nitrogens is 4. The molecule has 9 heteroatoms. The third-order valence-electron chi connectivity index (χ3n) is 3.25. The van der Waals surface area contributed by atoms with Gasteiger partial charge in [-0.1, -0.05) is 29.8 Å². The van der Waals surface area contributed by atoms with E-state index in [1.165, 1.54) is 4.57 Å². The fraction of sp³-hybridized carbons (Fsp3) is 0.154. The van der Waals surface area contributed by atoms with E-state index in [-0.39, 0.29) is 28.7 Å². The second-order valence-electron chi connectivity index (χ2n) is 4.84. The molecule has 0 saturated carbocycles. The number of nitrogens with two attached hydrogens (primary N) is 1. The zero-order chi connectivity index (χ0) is 15.9. The highest BCUT2D eigenvalue weighted by Gasteiger charge is 2.16. The summed E-state index contributed by atoms with van der Waals surface area (Å²) in [5.41, 5.74) is 7.78. The first-order valence-electron chi connectivity index (χ1n) is 6.38. The van der Waals surface area contributed by atoms with E-state index in [0.717, 1.165) is 11.1 Å². The zero-order valence-corrected chi connectivity index (χ0v) is 12.4. The quantitative estimate of drug-likeness (QED) is 0.480. The summed E-state index contributed by atoms with van der Waals surface area (Å²) >= 11 is -2.38. The molecule has 0 aliphatic rings. The third-order valence-corrected chi connectivity index (χ3v) is 3.74. The molecule has 0 bridgehead atoms. The third kappa shape index (κ3) is 2.51. The van der Waals surface area contributed by atoms with Crippen LogP contribution in [0, 0.1) is 6.92 Å². The summed E-state index contributed by atoms with van der Waals surface area (Å²) in [5.74, 6) is -0.0397. The second-order valence-corrected chi connectivity index (χ2v) is 5.70. The Kier molecular flexibility index (Phi) is 3.51. The topological polar surface area (TPSA) is 127 Å². The van der Waals surface area contributed by atoms with E-state index >= 15 is 0 Å². The van der Waals surface area contributed by atoms with Crippen LogP contribution in [-0.4, -0.2) is 28.3 Å². The Labute approximate surface area is 127 Å². The lowest BCUT2D eigenvalue weighted by Gasteiger charge is -2.05. The molecule has 0 spiro atoms. The predicted octanol–water partition coefficient (Wildman–Crippen LogP) is 0.639. The van der Waals surface area contributed by atoms with Gasteiger partial charge in [0.1, 0.15) is 5.52 Å². The number of aromatic amines is 1. The largest absolute Gasteiger partial charge is 0.382 e. The summed E-state index contributed by atoms with van der Waals surface area (Å²) in [6, 6.07) is 7.67. The van der Waals surface area contributed by atoms with Crippen LogP contribution in [0.4, 0.5) is 5.82 Å². The minimum absolute atomic E-state index is 0.0397. The minimum Gasteiger partial charge on any atom is -0.382 e. The van der Waals surface area contributed by atoms with Gasteiger partial charge < -0.3 is 10.7 Å². The van der Waals surface area contributed by atoms with Gasteiger partial charge in [0.15, 0.2) is 11.5 Å². The number of aryl methyl sites for hydroxylation is 1. The summed E-state index contributed by atoms with van der Waals surface area (Å²) in [6.07, 6.45) is 0. The highest BCUT2D eigenvalue weighted by Crippen LogP contribution is 2.16. The van der Waals surface area contributed by atoms with Crippen molar-refractivity contribution in [1.82, 2.24) is 19.5 Å². The monoisotopic (exact) mass is 319 g/mol. The van der Waals surface area contributed by atoms with E-state index in [9.17, 15) is 9.00 Å². The highest BCUT2D eigenvalue weighted by molar-refractivity contribution is 7.79. The van der Waals surface area contributed by atoms with Crippen molar-refractivity contribution in [2.45, 2.75) is 18.6 Å². The van der Waals surface area contributed by atoms with E-state index in [1.54, 1.807) is 0 Å². The molecule has 4 N–H and O–H groups in total. The maximum Gasteiger partial charge on any atom is 0.328 e. The molecule has 0 radical (unpaired) electrons. The average molecular weight is 319 g/mol. The molecule has 0 amide bonds. The van der Waals surface area contributed by atoms with Gasteiger partial charge in [0.2, 0.25) is 11.1 Å². The van der Waals surface area contributed by atoms with Crippen LogP contribution in [0.1, 0.15) is 11.1 Å². The van der Waals surface area contributed by atoms with E-state index in [0.29, 0.717) is 0 Å². The number of H-pyrrole nitrogens is 1. The van der Waals surface area contributed by atoms with E-state index < -0.39 is 16.8 Å². The van der Waals surface area contributed by atoms with E-state index in [4.69, 9.17) is 10.3 Å². The molecule has 3 aromatic rings. The van der Waals surface area contributed by atoms with Gasteiger partial charge >= 0.3 is 5.69 Å². The lowest BCUT2D eigenvalue weighted by molar-refractivity contribution is 0.555. The van der Waals surface area contributed by atoms with Crippen LogP contribution in [0.15, 0.2) is 34.2 Å². The molecular formula is C13H13N5O3S. The first kappa shape index (κ1) is 14.4. The van der Waals surface area contributed by atoms with Gasteiger partial charge in [-0.25, -0.2) is 9.00 Å². The van der Waals surface area contributed by atoms with Gasteiger partial charge in [-0.3, -0.25) is 9.12 Å². The van der Waals surface area contributed by atoms with Crippen LogP contribution in [0.25, 0.3) is 11.2 Å². The van der Waals surface area contributed by atoms with Crippen molar-refractivity contribution in [3.8, 4) is 0 Å². The zero-order valence-electron chi connectivity index (χ0n) is 11.6. The maximum absolute atomic E-state index is 12.1. The van der Waals surface area contributed by atoms with Gasteiger partial charge in [-0.05, 0) is 12.5 Å². The molecule has 0 fully saturated rings. The molecule has 1 unspecified atom stereocenters. The number of nitrogens with zero attached hydrogens (tertiary/aromatic N) is 3. The molecule has 1 atom stereocenters. The van der Waals surface area contributed by atoms with Gasteiger partial charge in [0.05, 0.1) is 6.54 Å². The number of imidazole rings is 1. The number of anilines is 1. The number of hydrogen-bond donors (Lipinski definition) is 3. The first-order valence-corrected chi connectivity index (χ1v) is 7.49. The van der Waals surface area contributed by atoms with Crippen molar-refractivity contribution >= 4 is 28.1 Å². The van der Waals surface area contributed by atoms with Crippen LogP contribution in [0.3, 0.4) is 0 Å². The second kappa shape index (κ2) is 5.35.